The van der Waals surface area contributed by atoms with Gasteiger partial charge in [0.05, 0.1) is 40.3 Å². The number of nitrogens with zero attached hydrogens (tertiary/aromatic N) is 1. The van der Waals surface area contributed by atoms with E-state index >= 15 is 0 Å². The van der Waals surface area contributed by atoms with E-state index in [9.17, 15) is 19.5 Å². The smallest absolute Gasteiger partial charge is 0.306 e. The molecular formula is C55H91NO7. The Kier molecular flexibility index (Phi) is 42.2. The topological polar surface area (TPSA) is 102 Å². The van der Waals surface area contributed by atoms with Gasteiger partial charge in [-0.15, -0.1) is 0 Å². The minimum absolute atomic E-state index is 0.0244. The number of carbonyl (C=O) groups excluding carboxylic acids is 3. The normalized spacial score (nSPS) is 13.7. The summed E-state index contributed by atoms with van der Waals surface area (Å²) < 4.78 is 17.2. The van der Waals surface area contributed by atoms with Crippen molar-refractivity contribution < 1.29 is 38.2 Å². The lowest BCUT2D eigenvalue weighted by Gasteiger charge is -2.34. The maximum absolute atomic E-state index is 12.8. The molecule has 8 nitrogen and oxygen atoms in total. The van der Waals surface area contributed by atoms with Crippen molar-refractivity contribution in [2.45, 2.75) is 193 Å². The maximum Gasteiger partial charge on any atom is 0.306 e. The summed E-state index contributed by atoms with van der Waals surface area (Å²) in [6, 6.07) is -0.737. The van der Waals surface area contributed by atoms with Gasteiger partial charge >= 0.3 is 11.9 Å². The first-order valence-electron chi connectivity index (χ1n) is 24.8. The van der Waals surface area contributed by atoms with Crippen molar-refractivity contribution in [3.63, 3.8) is 0 Å². The Morgan fingerprint density at radius 3 is 1.24 bits per heavy atom. The third-order valence-corrected chi connectivity index (χ3v) is 10.5. The Labute approximate surface area is 386 Å². The highest BCUT2D eigenvalue weighted by molar-refractivity contribution is 5.70. The van der Waals surface area contributed by atoms with E-state index in [-0.39, 0.29) is 42.7 Å². The number of rotatable bonds is 43. The van der Waals surface area contributed by atoms with Crippen LogP contribution in [0.5, 0.6) is 0 Å². The molecule has 0 aromatic rings. The molecule has 0 aliphatic heterocycles. The van der Waals surface area contributed by atoms with Gasteiger partial charge in [0.25, 0.3) is 0 Å². The number of likely N-dealkylation sites (N-methyl/N-ethyl adjacent to an activating group) is 1. The van der Waals surface area contributed by atoms with Crippen LogP contribution in [0.1, 0.15) is 181 Å². The second-order valence-corrected chi connectivity index (χ2v) is 17.3. The molecule has 2 unspecified atom stereocenters. The summed E-state index contributed by atoms with van der Waals surface area (Å²) in [5, 5.41) is 11.7. The number of carbonyl (C=O) groups is 3. The molecule has 0 saturated heterocycles. The van der Waals surface area contributed by atoms with Crippen LogP contribution in [0.15, 0.2) is 97.2 Å². The molecule has 0 aromatic heterocycles. The van der Waals surface area contributed by atoms with Crippen molar-refractivity contribution in [1.82, 2.24) is 0 Å². The van der Waals surface area contributed by atoms with Crippen LogP contribution in [0, 0.1) is 0 Å². The van der Waals surface area contributed by atoms with E-state index in [1.54, 1.807) is 21.1 Å². The summed E-state index contributed by atoms with van der Waals surface area (Å²) in [5.41, 5.74) is 0. The number of unbranched alkanes of at least 4 members (excludes halogenated alkanes) is 13. The summed E-state index contributed by atoms with van der Waals surface area (Å²) in [7, 11) is 5.39. The van der Waals surface area contributed by atoms with Crippen LogP contribution < -0.4 is 5.11 Å². The summed E-state index contributed by atoms with van der Waals surface area (Å²) in [6.07, 6.45) is 60.0. The van der Waals surface area contributed by atoms with Crippen molar-refractivity contribution in [3.05, 3.63) is 97.2 Å². The predicted octanol–water partition coefficient (Wildman–Crippen LogP) is 12.9. The summed E-state index contributed by atoms with van der Waals surface area (Å²) >= 11 is 0. The first-order valence-corrected chi connectivity index (χ1v) is 24.8. The maximum atomic E-state index is 12.8. The standard InChI is InChI=1S/C55H91NO7/c1-6-8-10-12-14-16-18-20-22-24-26-28-29-31-33-35-37-39-41-43-45-53(57)62-50-51(49-61-48-47-52(55(59)60)56(3,4)5)63-54(58)46-44-42-40-38-36-34-32-30-27-25-23-21-19-17-15-13-11-9-7-2/h8-11,14-17,20-23,26,28,31,33,51-52H,6-7,12-13,18-19,24-25,27,29-30,32,34-50H2,1-5H3/b10-8+,11-9+,16-14+,17-15+,22-20+,23-21+,28-26+,33-31+. The van der Waals surface area contributed by atoms with E-state index in [1.165, 1.54) is 38.5 Å². The van der Waals surface area contributed by atoms with Crippen LogP contribution in [0.2, 0.25) is 0 Å². The Morgan fingerprint density at radius 2 is 0.841 bits per heavy atom. The lowest BCUT2D eigenvalue weighted by molar-refractivity contribution is -0.889. The fourth-order valence-electron chi connectivity index (χ4n) is 6.70. The number of carboxylic acid groups (broad SMARTS) is 1. The van der Waals surface area contributed by atoms with Gasteiger partial charge < -0.3 is 28.6 Å². The summed E-state index contributed by atoms with van der Waals surface area (Å²) in [4.78, 5) is 37.0. The molecule has 0 heterocycles. The molecule has 0 aliphatic carbocycles. The van der Waals surface area contributed by atoms with Crippen molar-refractivity contribution in [1.29, 1.82) is 0 Å². The van der Waals surface area contributed by atoms with Crippen LogP contribution in [-0.2, 0) is 28.6 Å². The van der Waals surface area contributed by atoms with Gasteiger partial charge in [-0.05, 0) is 89.9 Å². The molecule has 63 heavy (non-hydrogen) atoms. The molecule has 0 fully saturated rings. The highest BCUT2D eigenvalue weighted by Gasteiger charge is 2.25. The fourth-order valence-corrected chi connectivity index (χ4v) is 6.70. The van der Waals surface area contributed by atoms with Gasteiger partial charge in [-0.25, -0.2) is 0 Å². The van der Waals surface area contributed by atoms with Gasteiger partial charge in [-0.3, -0.25) is 9.59 Å². The third-order valence-electron chi connectivity index (χ3n) is 10.5. The quantitative estimate of drug-likeness (QED) is 0.0260. The van der Waals surface area contributed by atoms with Gasteiger partial charge in [0, 0.05) is 19.3 Å². The van der Waals surface area contributed by atoms with E-state index in [4.69, 9.17) is 14.2 Å². The highest BCUT2D eigenvalue weighted by atomic mass is 16.6. The average Bonchev–Trinajstić information content (AvgIpc) is 3.24. The van der Waals surface area contributed by atoms with Crippen molar-refractivity contribution in [2.75, 3.05) is 41.0 Å². The van der Waals surface area contributed by atoms with Gasteiger partial charge in [-0.2, -0.15) is 0 Å². The number of hydrogen-bond acceptors (Lipinski definition) is 7. The number of hydrogen-bond donors (Lipinski definition) is 0. The number of carboxylic acids is 1. The number of esters is 2. The predicted molar refractivity (Wildman–Crippen MR) is 263 cm³/mol. The van der Waals surface area contributed by atoms with E-state index in [0.717, 1.165) is 109 Å². The SMILES string of the molecule is CC/C=C/C/C=C/C/C=C/C/C=C/C/C=C/CCCCCCC(=O)OCC(COCCC(C(=O)[O-])[N+](C)(C)C)OC(=O)CCCCCCCCCCC/C=C/C/C=C/C/C=C/CC. The lowest BCUT2D eigenvalue weighted by Crippen LogP contribution is -2.55. The molecule has 0 saturated carbocycles. The molecule has 0 radical (unpaired) electrons. The van der Waals surface area contributed by atoms with E-state index < -0.39 is 18.1 Å². The Bertz CT molecular complexity index is 1350. The lowest BCUT2D eigenvalue weighted by atomic mass is 10.1. The van der Waals surface area contributed by atoms with Crippen LogP contribution in [0.4, 0.5) is 0 Å². The Morgan fingerprint density at radius 1 is 0.476 bits per heavy atom. The number of quaternary nitrogens is 1. The molecular weight excluding hydrogens is 787 g/mol. The van der Waals surface area contributed by atoms with Crippen LogP contribution in [0.3, 0.4) is 0 Å². The minimum atomic E-state index is -1.13. The molecule has 2 atom stereocenters. The van der Waals surface area contributed by atoms with Gasteiger partial charge in [-0.1, -0.05) is 169 Å². The number of aliphatic carboxylic acids is 1. The summed E-state index contributed by atoms with van der Waals surface area (Å²) in [6.45, 7) is 4.40. The molecule has 0 N–H and O–H groups in total. The van der Waals surface area contributed by atoms with Crippen LogP contribution >= 0.6 is 0 Å². The Hall–Kier alpha value is -3.75. The molecule has 0 bridgehead atoms. The van der Waals surface area contributed by atoms with Crippen molar-refractivity contribution in [3.8, 4) is 0 Å². The first kappa shape index (κ1) is 59.2. The molecule has 0 aromatic carbocycles. The molecule has 358 valence electrons. The van der Waals surface area contributed by atoms with Crippen LogP contribution in [0.25, 0.3) is 0 Å². The molecule has 0 amide bonds. The zero-order valence-electron chi connectivity index (χ0n) is 40.7. The summed E-state index contributed by atoms with van der Waals surface area (Å²) in [5.74, 6) is -1.78. The van der Waals surface area contributed by atoms with E-state index in [1.807, 2.05) is 0 Å². The molecule has 8 heteroatoms. The highest BCUT2D eigenvalue weighted by Crippen LogP contribution is 2.14. The first-order chi connectivity index (χ1) is 30.6. The van der Waals surface area contributed by atoms with Crippen molar-refractivity contribution >= 4 is 17.9 Å². The zero-order valence-corrected chi connectivity index (χ0v) is 40.7. The second kappa shape index (κ2) is 44.8. The van der Waals surface area contributed by atoms with Gasteiger partial charge in [0.15, 0.2) is 6.10 Å². The van der Waals surface area contributed by atoms with Gasteiger partial charge in [0.1, 0.15) is 12.6 Å². The number of allylic oxidation sites excluding steroid dienone is 16. The van der Waals surface area contributed by atoms with Gasteiger partial charge in [0.2, 0.25) is 0 Å². The second-order valence-electron chi connectivity index (χ2n) is 17.3. The molecule has 0 rings (SSSR count). The monoisotopic (exact) mass is 878 g/mol. The Balaban J connectivity index is 4.35. The molecule has 0 spiro atoms. The average molecular weight is 878 g/mol. The van der Waals surface area contributed by atoms with E-state index in [2.05, 4.69) is 111 Å². The number of ether oxygens (including phenoxy) is 3. The molecule has 0 aliphatic rings. The minimum Gasteiger partial charge on any atom is -0.544 e. The largest absolute Gasteiger partial charge is 0.544 e. The van der Waals surface area contributed by atoms with Crippen molar-refractivity contribution in [2.24, 2.45) is 0 Å². The van der Waals surface area contributed by atoms with Crippen LogP contribution in [-0.4, -0.2) is 75.5 Å². The third kappa shape index (κ3) is 43.3. The van der Waals surface area contributed by atoms with E-state index in [0.29, 0.717) is 12.8 Å². The fraction of sp³-hybridized carbons (Fsp3) is 0.655. The zero-order chi connectivity index (χ0) is 46.3.